The van der Waals surface area contributed by atoms with Crippen molar-refractivity contribution in [2.24, 2.45) is 0 Å². The summed E-state index contributed by atoms with van der Waals surface area (Å²) in [5.74, 6) is 1.94. The first-order valence-corrected chi connectivity index (χ1v) is 7.14. The first kappa shape index (κ1) is 14.6. The highest BCUT2D eigenvalue weighted by molar-refractivity contribution is 5.30. The van der Waals surface area contributed by atoms with E-state index in [9.17, 15) is 0 Å². The average molecular weight is 273 g/mol. The summed E-state index contributed by atoms with van der Waals surface area (Å²) in [7, 11) is 0. The maximum atomic E-state index is 5.83. The molecule has 1 unspecified atom stereocenters. The quantitative estimate of drug-likeness (QED) is 0.843. The third-order valence-corrected chi connectivity index (χ3v) is 3.39. The van der Waals surface area contributed by atoms with Gasteiger partial charge in [0.15, 0.2) is 0 Å². The Morgan fingerprint density at radius 3 is 2.95 bits per heavy atom. The van der Waals surface area contributed by atoms with Crippen LogP contribution in [0.5, 0.6) is 5.75 Å². The zero-order valence-electron chi connectivity index (χ0n) is 12.5. The number of rotatable bonds is 7. The first-order chi connectivity index (χ1) is 9.70. The molecule has 0 aliphatic heterocycles. The van der Waals surface area contributed by atoms with Crippen molar-refractivity contribution in [3.8, 4) is 5.75 Å². The molecule has 2 aromatic rings. The van der Waals surface area contributed by atoms with Crippen LogP contribution >= 0.6 is 0 Å². The molecule has 2 rings (SSSR count). The Morgan fingerprint density at radius 1 is 1.40 bits per heavy atom. The number of hydrogen-bond acceptors (Lipinski definition) is 3. The highest BCUT2D eigenvalue weighted by atomic mass is 16.5. The van der Waals surface area contributed by atoms with E-state index >= 15 is 0 Å². The van der Waals surface area contributed by atoms with Crippen molar-refractivity contribution in [1.82, 2.24) is 14.9 Å². The Bertz CT molecular complexity index is 536. The summed E-state index contributed by atoms with van der Waals surface area (Å²) >= 11 is 0. The fraction of sp³-hybridized carbons (Fsp3) is 0.438. The number of imidazole rings is 1. The van der Waals surface area contributed by atoms with E-state index < -0.39 is 0 Å². The lowest BCUT2D eigenvalue weighted by atomic mass is 10.1. The lowest BCUT2D eigenvalue weighted by Gasteiger charge is -2.14. The number of benzene rings is 1. The van der Waals surface area contributed by atoms with Crippen LogP contribution in [0.25, 0.3) is 0 Å². The predicted molar refractivity (Wildman–Crippen MR) is 81.0 cm³/mol. The molecule has 1 atom stereocenters. The van der Waals surface area contributed by atoms with Gasteiger partial charge in [0.1, 0.15) is 18.2 Å². The Hall–Kier alpha value is -1.81. The molecule has 0 bridgehead atoms. The van der Waals surface area contributed by atoms with Crippen LogP contribution in [-0.4, -0.2) is 22.7 Å². The number of aromatic nitrogens is 2. The van der Waals surface area contributed by atoms with E-state index in [2.05, 4.69) is 40.8 Å². The zero-order valence-corrected chi connectivity index (χ0v) is 12.5. The van der Waals surface area contributed by atoms with Gasteiger partial charge in [-0.3, -0.25) is 0 Å². The molecule has 1 heterocycles. The number of hydrogen-bond donors (Lipinski definition) is 1. The molecule has 1 aromatic heterocycles. The van der Waals surface area contributed by atoms with Crippen LogP contribution in [0.15, 0.2) is 36.7 Å². The summed E-state index contributed by atoms with van der Waals surface area (Å²) in [4.78, 5) is 4.20. The summed E-state index contributed by atoms with van der Waals surface area (Å²) in [5.41, 5.74) is 1.25. The lowest BCUT2D eigenvalue weighted by Crippen LogP contribution is -2.17. The SMILES string of the molecule is CCNC(C)c1cccc(OCCn2ccnc2C)c1. The third-order valence-electron chi connectivity index (χ3n) is 3.39. The van der Waals surface area contributed by atoms with E-state index in [4.69, 9.17) is 4.74 Å². The van der Waals surface area contributed by atoms with E-state index in [0.29, 0.717) is 12.6 Å². The molecule has 1 aromatic carbocycles. The highest BCUT2D eigenvalue weighted by Gasteiger charge is 2.05. The molecule has 0 aliphatic carbocycles. The summed E-state index contributed by atoms with van der Waals surface area (Å²) in [5, 5.41) is 3.41. The van der Waals surface area contributed by atoms with Crippen molar-refractivity contribution >= 4 is 0 Å². The van der Waals surface area contributed by atoms with Gasteiger partial charge in [-0.1, -0.05) is 19.1 Å². The van der Waals surface area contributed by atoms with Gasteiger partial charge < -0.3 is 14.6 Å². The minimum Gasteiger partial charge on any atom is -0.492 e. The molecule has 0 radical (unpaired) electrons. The molecular formula is C16H23N3O. The van der Waals surface area contributed by atoms with E-state index in [0.717, 1.165) is 24.7 Å². The third kappa shape index (κ3) is 3.84. The van der Waals surface area contributed by atoms with Gasteiger partial charge in [0, 0.05) is 18.4 Å². The minimum atomic E-state index is 0.347. The number of aryl methyl sites for hydroxylation is 1. The minimum absolute atomic E-state index is 0.347. The van der Waals surface area contributed by atoms with Crippen LogP contribution in [0.1, 0.15) is 31.3 Å². The highest BCUT2D eigenvalue weighted by Crippen LogP contribution is 2.19. The molecule has 4 heteroatoms. The van der Waals surface area contributed by atoms with Crippen LogP contribution in [0, 0.1) is 6.92 Å². The van der Waals surface area contributed by atoms with Crippen molar-refractivity contribution in [3.05, 3.63) is 48.0 Å². The van der Waals surface area contributed by atoms with Gasteiger partial charge in [0.2, 0.25) is 0 Å². The van der Waals surface area contributed by atoms with E-state index in [-0.39, 0.29) is 0 Å². The van der Waals surface area contributed by atoms with Gasteiger partial charge in [-0.25, -0.2) is 4.98 Å². The second-order valence-electron chi connectivity index (χ2n) is 4.87. The molecule has 0 saturated carbocycles. The largest absolute Gasteiger partial charge is 0.492 e. The number of nitrogens with zero attached hydrogens (tertiary/aromatic N) is 2. The van der Waals surface area contributed by atoms with Gasteiger partial charge in [0.05, 0.1) is 6.54 Å². The van der Waals surface area contributed by atoms with Gasteiger partial charge >= 0.3 is 0 Å². The van der Waals surface area contributed by atoms with Crippen molar-refractivity contribution in [2.75, 3.05) is 13.2 Å². The molecule has 0 aliphatic rings. The summed E-state index contributed by atoms with van der Waals surface area (Å²) in [6.07, 6.45) is 3.79. The average Bonchev–Trinajstić information content (AvgIpc) is 2.85. The summed E-state index contributed by atoms with van der Waals surface area (Å²) < 4.78 is 7.92. The van der Waals surface area contributed by atoms with Crippen molar-refractivity contribution in [3.63, 3.8) is 0 Å². The molecule has 20 heavy (non-hydrogen) atoms. The maximum absolute atomic E-state index is 5.83. The fourth-order valence-corrected chi connectivity index (χ4v) is 2.20. The molecule has 1 N–H and O–H groups in total. The van der Waals surface area contributed by atoms with Crippen molar-refractivity contribution in [1.29, 1.82) is 0 Å². The second-order valence-corrected chi connectivity index (χ2v) is 4.87. The van der Waals surface area contributed by atoms with E-state index in [1.54, 1.807) is 0 Å². The van der Waals surface area contributed by atoms with Gasteiger partial charge in [-0.2, -0.15) is 0 Å². The standard InChI is InChI=1S/C16H23N3O/c1-4-17-13(2)15-6-5-7-16(12-15)20-11-10-19-9-8-18-14(19)3/h5-9,12-13,17H,4,10-11H2,1-3H3. The first-order valence-electron chi connectivity index (χ1n) is 7.14. The molecule has 0 amide bonds. The fourth-order valence-electron chi connectivity index (χ4n) is 2.20. The van der Waals surface area contributed by atoms with Crippen LogP contribution in [0.3, 0.4) is 0 Å². The van der Waals surface area contributed by atoms with Gasteiger partial charge in [0.25, 0.3) is 0 Å². The monoisotopic (exact) mass is 273 g/mol. The van der Waals surface area contributed by atoms with E-state index in [1.165, 1.54) is 5.56 Å². The summed E-state index contributed by atoms with van der Waals surface area (Å²) in [6, 6.07) is 8.62. The normalized spacial score (nSPS) is 12.3. The lowest BCUT2D eigenvalue weighted by molar-refractivity contribution is 0.296. The summed E-state index contributed by atoms with van der Waals surface area (Å²) in [6.45, 7) is 8.71. The Morgan fingerprint density at radius 2 is 2.25 bits per heavy atom. The van der Waals surface area contributed by atoms with Gasteiger partial charge in [-0.15, -0.1) is 0 Å². The Labute approximate surface area is 120 Å². The molecule has 0 fully saturated rings. The van der Waals surface area contributed by atoms with Crippen LogP contribution in [0.4, 0.5) is 0 Å². The Balaban J connectivity index is 1.90. The number of ether oxygens (including phenoxy) is 1. The van der Waals surface area contributed by atoms with Crippen LogP contribution < -0.4 is 10.1 Å². The van der Waals surface area contributed by atoms with Crippen molar-refractivity contribution < 1.29 is 4.74 Å². The maximum Gasteiger partial charge on any atom is 0.119 e. The predicted octanol–water partition coefficient (Wildman–Crippen LogP) is 2.94. The van der Waals surface area contributed by atoms with Crippen molar-refractivity contribution in [2.45, 2.75) is 33.4 Å². The second kappa shape index (κ2) is 7.10. The molecule has 4 nitrogen and oxygen atoms in total. The molecule has 0 spiro atoms. The van der Waals surface area contributed by atoms with Gasteiger partial charge in [-0.05, 0) is 38.1 Å². The molecular weight excluding hydrogens is 250 g/mol. The smallest absolute Gasteiger partial charge is 0.119 e. The number of nitrogens with one attached hydrogen (secondary N) is 1. The Kier molecular flexibility index (Phi) is 5.18. The topological polar surface area (TPSA) is 39.1 Å². The zero-order chi connectivity index (χ0) is 14.4. The van der Waals surface area contributed by atoms with E-state index in [1.807, 2.05) is 31.5 Å². The molecule has 0 saturated heterocycles. The van der Waals surface area contributed by atoms with Crippen LogP contribution in [0.2, 0.25) is 0 Å². The molecule has 108 valence electrons. The van der Waals surface area contributed by atoms with Crippen LogP contribution in [-0.2, 0) is 6.54 Å².